The number of ether oxygens (including phenoxy) is 1. The maximum atomic E-state index is 5.11. The van der Waals surface area contributed by atoms with E-state index in [1.807, 2.05) is 6.92 Å². The van der Waals surface area contributed by atoms with Crippen molar-refractivity contribution in [2.45, 2.75) is 90.9 Å². The summed E-state index contributed by atoms with van der Waals surface area (Å²) < 4.78 is 5.11. The van der Waals surface area contributed by atoms with Gasteiger partial charge < -0.3 is 4.74 Å². The van der Waals surface area contributed by atoms with Crippen LogP contribution >= 0.6 is 0 Å². The van der Waals surface area contributed by atoms with Gasteiger partial charge in [0.1, 0.15) is 12.7 Å². The number of hydrogen-bond acceptors (Lipinski definition) is 1. The van der Waals surface area contributed by atoms with Crippen LogP contribution in [0.4, 0.5) is 0 Å². The lowest BCUT2D eigenvalue weighted by Crippen LogP contribution is -1.88. The molecule has 106 valence electrons. The van der Waals surface area contributed by atoms with E-state index in [0.29, 0.717) is 0 Å². The highest BCUT2D eigenvalue weighted by Gasteiger charge is 1.93. The Morgan fingerprint density at radius 1 is 0.667 bits per heavy atom. The van der Waals surface area contributed by atoms with Gasteiger partial charge in [-0.15, -0.1) is 0 Å². The van der Waals surface area contributed by atoms with E-state index < -0.39 is 0 Å². The maximum absolute atomic E-state index is 5.11. The summed E-state index contributed by atoms with van der Waals surface area (Å²) >= 11 is 0. The van der Waals surface area contributed by atoms with E-state index in [1.165, 1.54) is 70.6 Å². The van der Waals surface area contributed by atoms with E-state index in [1.54, 1.807) is 0 Å². The molecule has 0 heterocycles. The zero-order valence-electron chi connectivity index (χ0n) is 12.6. The third-order valence-corrected chi connectivity index (χ3v) is 3.27. The summed E-state index contributed by atoms with van der Waals surface area (Å²) in [7, 11) is 0. The van der Waals surface area contributed by atoms with Crippen LogP contribution in [0.5, 0.6) is 0 Å². The second-order valence-electron chi connectivity index (χ2n) is 5.09. The highest BCUT2D eigenvalue weighted by molar-refractivity contribution is 4.84. The molecule has 0 saturated heterocycles. The van der Waals surface area contributed by atoms with Crippen molar-refractivity contribution < 1.29 is 4.74 Å². The van der Waals surface area contributed by atoms with Gasteiger partial charge in [-0.2, -0.15) is 0 Å². The molecule has 0 amide bonds. The average Bonchev–Trinajstić information content (AvgIpc) is 2.39. The Bertz CT molecular complexity index is 199. The van der Waals surface area contributed by atoms with E-state index in [2.05, 4.69) is 19.0 Å². The first-order chi connectivity index (χ1) is 8.91. The predicted octanol–water partition coefficient (Wildman–Crippen LogP) is 5.68. The van der Waals surface area contributed by atoms with Crippen LogP contribution in [0.15, 0.2) is 0 Å². The summed E-state index contributed by atoms with van der Waals surface area (Å²) in [5, 5.41) is 0. The summed E-state index contributed by atoms with van der Waals surface area (Å²) in [4.78, 5) is 0. The molecule has 0 aromatic carbocycles. The zero-order valence-corrected chi connectivity index (χ0v) is 12.6. The van der Waals surface area contributed by atoms with Crippen molar-refractivity contribution in [3.05, 3.63) is 0 Å². The Kier molecular flexibility index (Phi) is 15.8. The molecule has 0 aromatic heterocycles. The molecule has 0 fully saturated rings. The monoisotopic (exact) mass is 252 g/mol. The van der Waals surface area contributed by atoms with E-state index >= 15 is 0 Å². The van der Waals surface area contributed by atoms with Crippen molar-refractivity contribution in [1.29, 1.82) is 0 Å². The predicted molar refractivity (Wildman–Crippen MR) is 80.5 cm³/mol. The van der Waals surface area contributed by atoms with E-state index in [9.17, 15) is 0 Å². The summed E-state index contributed by atoms with van der Waals surface area (Å²) in [5.74, 6) is 2.74. The molecule has 1 nitrogen and oxygen atoms in total. The van der Waals surface area contributed by atoms with Crippen LogP contribution in [0.1, 0.15) is 90.9 Å². The molecule has 18 heavy (non-hydrogen) atoms. The lowest BCUT2D eigenvalue weighted by Gasteiger charge is -2.02. The van der Waals surface area contributed by atoms with Crippen LogP contribution in [-0.2, 0) is 4.74 Å². The first-order valence-electron chi connectivity index (χ1n) is 7.95. The Labute approximate surface area is 115 Å². The molecule has 0 aliphatic carbocycles. The molecule has 0 aliphatic rings. The minimum absolute atomic E-state index is 0.804. The molecular formula is C17H32O. The molecule has 0 radical (unpaired) electrons. The van der Waals surface area contributed by atoms with Gasteiger partial charge in [-0.3, -0.25) is 0 Å². The third-order valence-electron chi connectivity index (χ3n) is 3.27. The van der Waals surface area contributed by atoms with Crippen LogP contribution in [0.3, 0.4) is 0 Å². The SMILES string of the molecule is CC#COCCCCCCCCCCCCCC. The van der Waals surface area contributed by atoms with Crippen LogP contribution in [0.25, 0.3) is 0 Å². The Morgan fingerprint density at radius 3 is 1.56 bits per heavy atom. The van der Waals surface area contributed by atoms with Gasteiger partial charge in [0, 0.05) is 6.92 Å². The third kappa shape index (κ3) is 15.4. The van der Waals surface area contributed by atoms with Crippen molar-refractivity contribution in [3.63, 3.8) is 0 Å². The van der Waals surface area contributed by atoms with Crippen LogP contribution in [0.2, 0.25) is 0 Å². The molecule has 1 heteroatoms. The maximum Gasteiger partial charge on any atom is 0.109 e. The topological polar surface area (TPSA) is 9.23 Å². The van der Waals surface area contributed by atoms with E-state index in [0.717, 1.165) is 13.0 Å². The minimum Gasteiger partial charge on any atom is -0.447 e. The van der Waals surface area contributed by atoms with Gasteiger partial charge in [-0.05, 0) is 6.42 Å². The van der Waals surface area contributed by atoms with E-state index in [4.69, 9.17) is 4.74 Å². The van der Waals surface area contributed by atoms with Gasteiger partial charge in [-0.1, -0.05) is 83.5 Å². The highest BCUT2D eigenvalue weighted by atomic mass is 16.5. The first kappa shape index (κ1) is 17.4. The molecule has 0 N–H and O–H groups in total. The lowest BCUT2D eigenvalue weighted by atomic mass is 10.1. The fourth-order valence-electron chi connectivity index (χ4n) is 2.14. The summed E-state index contributed by atoms with van der Waals surface area (Å²) in [6.45, 7) is 4.89. The molecule has 0 unspecified atom stereocenters. The number of rotatable bonds is 13. The van der Waals surface area contributed by atoms with Gasteiger partial charge >= 0.3 is 0 Å². The van der Waals surface area contributed by atoms with Crippen LogP contribution in [-0.4, -0.2) is 6.61 Å². The summed E-state index contributed by atoms with van der Waals surface area (Å²) in [6.07, 6.45) is 19.3. The van der Waals surface area contributed by atoms with Crippen LogP contribution in [0, 0.1) is 12.0 Å². The highest BCUT2D eigenvalue weighted by Crippen LogP contribution is 2.11. The van der Waals surface area contributed by atoms with Gasteiger partial charge in [-0.25, -0.2) is 0 Å². The number of unbranched alkanes of at least 4 members (excludes halogenated alkanes) is 11. The number of hydrogen-bond donors (Lipinski definition) is 0. The Balaban J connectivity index is 2.92. The molecule has 0 aromatic rings. The van der Waals surface area contributed by atoms with Gasteiger partial charge in [0.2, 0.25) is 0 Å². The molecule has 0 spiro atoms. The first-order valence-corrected chi connectivity index (χ1v) is 7.95. The largest absolute Gasteiger partial charge is 0.447 e. The molecule has 0 bridgehead atoms. The smallest absolute Gasteiger partial charge is 0.109 e. The molecule has 0 atom stereocenters. The van der Waals surface area contributed by atoms with Gasteiger partial charge in [0.15, 0.2) is 0 Å². The molecular weight excluding hydrogens is 220 g/mol. The molecule has 0 aliphatic heterocycles. The minimum atomic E-state index is 0.804. The fraction of sp³-hybridized carbons (Fsp3) is 0.882. The lowest BCUT2D eigenvalue weighted by molar-refractivity contribution is 0.266. The quantitative estimate of drug-likeness (QED) is 0.302. The average molecular weight is 252 g/mol. The Morgan fingerprint density at radius 2 is 1.11 bits per heavy atom. The second-order valence-corrected chi connectivity index (χ2v) is 5.09. The zero-order chi connectivity index (χ0) is 13.3. The van der Waals surface area contributed by atoms with Crippen LogP contribution < -0.4 is 0 Å². The Hall–Kier alpha value is -0.640. The van der Waals surface area contributed by atoms with Crippen molar-refractivity contribution >= 4 is 0 Å². The van der Waals surface area contributed by atoms with Crippen molar-refractivity contribution in [2.24, 2.45) is 0 Å². The normalized spacial score (nSPS) is 9.89. The fourth-order valence-corrected chi connectivity index (χ4v) is 2.14. The molecule has 0 rings (SSSR count). The van der Waals surface area contributed by atoms with Gasteiger partial charge in [0.05, 0.1) is 0 Å². The summed E-state index contributed by atoms with van der Waals surface area (Å²) in [6, 6.07) is 0. The van der Waals surface area contributed by atoms with Crippen molar-refractivity contribution in [3.8, 4) is 12.0 Å². The van der Waals surface area contributed by atoms with E-state index in [-0.39, 0.29) is 0 Å². The second kappa shape index (κ2) is 16.4. The standard InChI is InChI=1S/C17H32O/c1-3-5-6-7-8-9-10-11-12-13-14-15-17-18-16-4-2/h3,5-15,17H2,1-2H3. The molecule has 0 saturated carbocycles. The van der Waals surface area contributed by atoms with Gasteiger partial charge in [0.25, 0.3) is 0 Å². The van der Waals surface area contributed by atoms with Crippen molar-refractivity contribution in [2.75, 3.05) is 6.61 Å². The van der Waals surface area contributed by atoms with Crippen molar-refractivity contribution in [1.82, 2.24) is 0 Å². The summed E-state index contributed by atoms with van der Waals surface area (Å²) in [5.41, 5.74) is 0.